The first-order valence-electron chi connectivity index (χ1n) is 17.9. The maximum absolute atomic E-state index is 6.19. The number of rotatable bonds is 3. The summed E-state index contributed by atoms with van der Waals surface area (Å²) in [5.74, 6) is 1.90. The van der Waals surface area contributed by atoms with Gasteiger partial charge in [0.1, 0.15) is 17.0 Å². The first kappa shape index (κ1) is 28.0. The number of aromatic nitrogens is 3. The average Bonchev–Trinajstić information content (AvgIpc) is 3.76. The molecule has 0 amide bonds. The molecule has 7 aromatic carbocycles. The Balaban J connectivity index is 1.14. The zero-order chi connectivity index (χ0) is 33.9. The number of benzene rings is 7. The van der Waals surface area contributed by atoms with Crippen molar-refractivity contribution in [2.45, 2.75) is 11.8 Å². The molecule has 0 radical (unpaired) electrons. The van der Waals surface area contributed by atoms with Gasteiger partial charge in [-0.05, 0) is 69.8 Å². The molecule has 2 bridgehead atoms. The maximum atomic E-state index is 6.19. The third kappa shape index (κ3) is 3.76. The van der Waals surface area contributed by atoms with Gasteiger partial charge in [0.05, 0.1) is 16.7 Å². The molecular formula is C48H29N3O. The summed E-state index contributed by atoms with van der Waals surface area (Å²) < 4.78 is 8.54. The molecule has 3 aliphatic carbocycles. The summed E-state index contributed by atoms with van der Waals surface area (Å²) in [5.41, 5.74) is 15.4. The minimum absolute atomic E-state index is 0.160. The molecule has 0 atom stereocenters. The lowest BCUT2D eigenvalue weighted by atomic mass is 9.60. The van der Waals surface area contributed by atoms with Gasteiger partial charge in [-0.3, -0.25) is 4.57 Å². The highest BCUT2D eigenvalue weighted by Gasteiger charge is 2.42. The van der Waals surface area contributed by atoms with Crippen molar-refractivity contribution in [3.8, 4) is 28.5 Å². The third-order valence-electron chi connectivity index (χ3n) is 11.4. The Hall–Kier alpha value is -6.78. The molecule has 4 nitrogen and oxygen atoms in total. The molecule has 0 spiro atoms. The summed E-state index contributed by atoms with van der Waals surface area (Å²) >= 11 is 0. The van der Waals surface area contributed by atoms with Gasteiger partial charge in [0.2, 0.25) is 0 Å². The molecule has 0 saturated heterocycles. The lowest BCUT2D eigenvalue weighted by molar-refractivity contribution is 0.669. The molecule has 4 heteroatoms. The molecule has 3 aromatic heterocycles. The van der Waals surface area contributed by atoms with Gasteiger partial charge in [-0.25, -0.2) is 9.97 Å². The van der Waals surface area contributed by atoms with Crippen molar-refractivity contribution in [3.63, 3.8) is 0 Å². The van der Waals surface area contributed by atoms with Crippen molar-refractivity contribution in [1.29, 1.82) is 0 Å². The normalized spacial score (nSPS) is 15.7. The number of fused-ring (bicyclic) bond motifs is 6. The van der Waals surface area contributed by atoms with E-state index in [1.54, 1.807) is 0 Å². The van der Waals surface area contributed by atoms with E-state index in [-0.39, 0.29) is 11.8 Å². The van der Waals surface area contributed by atoms with Gasteiger partial charge >= 0.3 is 0 Å². The van der Waals surface area contributed by atoms with Crippen LogP contribution >= 0.6 is 0 Å². The Bertz CT molecular complexity index is 3050. The van der Waals surface area contributed by atoms with Gasteiger partial charge in [0.25, 0.3) is 0 Å². The molecule has 0 saturated carbocycles. The smallest absolute Gasteiger partial charge is 0.162 e. The second kappa shape index (κ2) is 10.4. The summed E-state index contributed by atoms with van der Waals surface area (Å²) in [5, 5.41) is 4.72. The van der Waals surface area contributed by atoms with Crippen molar-refractivity contribution < 1.29 is 4.42 Å². The minimum Gasteiger partial charge on any atom is -0.456 e. The molecule has 242 valence electrons. The van der Waals surface area contributed by atoms with Crippen LogP contribution in [0.25, 0.3) is 72.2 Å². The first-order chi connectivity index (χ1) is 25.8. The van der Waals surface area contributed by atoms with E-state index in [1.165, 1.54) is 44.2 Å². The van der Waals surface area contributed by atoms with E-state index < -0.39 is 0 Å². The summed E-state index contributed by atoms with van der Waals surface area (Å²) in [6, 6.07) is 58.7. The molecule has 3 aliphatic rings. The number of para-hydroxylation sites is 2. The molecule has 10 aromatic rings. The van der Waals surface area contributed by atoms with Crippen molar-refractivity contribution >= 4 is 43.7 Å². The highest BCUT2D eigenvalue weighted by Crippen LogP contribution is 2.58. The van der Waals surface area contributed by atoms with Crippen LogP contribution < -0.4 is 0 Å². The van der Waals surface area contributed by atoms with E-state index in [0.29, 0.717) is 5.82 Å². The molecule has 0 fully saturated rings. The first-order valence-corrected chi connectivity index (χ1v) is 17.9. The van der Waals surface area contributed by atoms with Crippen LogP contribution in [0, 0.1) is 0 Å². The molecule has 0 N–H and O–H groups in total. The van der Waals surface area contributed by atoms with Gasteiger partial charge in [0.15, 0.2) is 5.82 Å². The Morgan fingerprint density at radius 3 is 1.88 bits per heavy atom. The fraction of sp³-hybridized carbons (Fsp3) is 0.0417. The number of nitrogens with zero attached hydrogens (tertiary/aromatic N) is 3. The van der Waals surface area contributed by atoms with Gasteiger partial charge in [-0.2, -0.15) is 0 Å². The highest BCUT2D eigenvalue weighted by atomic mass is 16.3. The van der Waals surface area contributed by atoms with Gasteiger partial charge in [-0.15, -0.1) is 0 Å². The van der Waals surface area contributed by atoms with Crippen LogP contribution in [0.2, 0.25) is 0 Å². The van der Waals surface area contributed by atoms with Gasteiger partial charge < -0.3 is 4.42 Å². The Kier molecular flexibility index (Phi) is 5.58. The summed E-state index contributed by atoms with van der Waals surface area (Å²) in [6.45, 7) is 0. The van der Waals surface area contributed by atoms with Crippen LogP contribution in [-0.2, 0) is 0 Å². The Morgan fingerprint density at radius 1 is 0.442 bits per heavy atom. The van der Waals surface area contributed by atoms with Crippen LogP contribution in [0.1, 0.15) is 45.2 Å². The minimum atomic E-state index is 0.160. The van der Waals surface area contributed by atoms with Crippen molar-refractivity contribution in [2.24, 2.45) is 0 Å². The van der Waals surface area contributed by atoms with Crippen LogP contribution in [0.4, 0.5) is 0 Å². The molecule has 0 unspecified atom stereocenters. The lowest BCUT2D eigenvalue weighted by Crippen LogP contribution is -2.27. The van der Waals surface area contributed by atoms with Crippen molar-refractivity contribution in [3.05, 3.63) is 197 Å². The van der Waals surface area contributed by atoms with Gasteiger partial charge in [-0.1, -0.05) is 121 Å². The SMILES string of the molecule is c1ccc(-c2nc(-c3ccc4oc5ccccc5c4c3)cc(-n3c4ccccc4c4c5c(ccc43)C3c4ccccc4C5c4ccccc43)n2)cc1. The van der Waals surface area contributed by atoms with Crippen molar-refractivity contribution in [1.82, 2.24) is 14.5 Å². The average molecular weight is 664 g/mol. The number of hydrogen-bond donors (Lipinski definition) is 0. The van der Waals surface area contributed by atoms with E-state index in [9.17, 15) is 0 Å². The molecule has 13 rings (SSSR count). The zero-order valence-corrected chi connectivity index (χ0v) is 28.0. The van der Waals surface area contributed by atoms with E-state index in [0.717, 1.165) is 55.6 Å². The monoisotopic (exact) mass is 663 g/mol. The summed E-state index contributed by atoms with van der Waals surface area (Å²) in [6.07, 6.45) is 0. The molecule has 3 heterocycles. The fourth-order valence-corrected chi connectivity index (χ4v) is 9.27. The van der Waals surface area contributed by atoms with E-state index >= 15 is 0 Å². The quantitative estimate of drug-likeness (QED) is 0.189. The lowest BCUT2D eigenvalue weighted by Gasteiger charge is -2.42. The molecular weight excluding hydrogens is 635 g/mol. The Labute approximate surface area is 299 Å². The predicted octanol–water partition coefficient (Wildman–Crippen LogP) is 11.8. The van der Waals surface area contributed by atoms with Gasteiger partial charge in [0, 0.05) is 50.6 Å². The second-order valence-corrected chi connectivity index (χ2v) is 14.0. The van der Waals surface area contributed by atoms with E-state index in [2.05, 4.69) is 138 Å². The molecule has 52 heavy (non-hydrogen) atoms. The summed E-state index contributed by atoms with van der Waals surface area (Å²) in [4.78, 5) is 10.6. The van der Waals surface area contributed by atoms with Crippen LogP contribution in [-0.4, -0.2) is 14.5 Å². The number of furan rings is 1. The topological polar surface area (TPSA) is 43.9 Å². The van der Waals surface area contributed by atoms with E-state index in [4.69, 9.17) is 14.4 Å². The predicted molar refractivity (Wildman–Crippen MR) is 209 cm³/mol. The highest BCUT2D eigenvalue weighted by molar-refractivity contribution is 6.12. The number of hydrogen-bond acceptors (Lipinski definition) is 3. The van der Waals surface area contributed by atoms with Crippen LogP contribution in [0.15, 0.2) is 168 Å². The van der Waals surface area contributed by atoms with Crippen molar-refractivity contribution in [2.75, 3.05) is 0 Å². The van der Waals surface area contributed by atoms with Crippen LogP contribution in [0.5, 0.6) is 0 Å². The standard InChI is InChI=1S/C48H29N3O/c1-2-12-28(13-3-1)48-49-38(29-22-25-42-37(26-29)30-14-9-11-21-41(30)52-42)27-43(50-48)51-39-20-10-8-19-35(39)46-40(51)24-23-36-44-31-15-4-6-17-33(31)45(47(36)46)34-18-7-5-16-32(34)44/h1-27,44-45H. The summed E-state index contributed by atoms with van der Waals surface area (Å²) in [7, 11) is 0. The largest absolute Gasteiger partial charge is 0.456 e. The fourth-order valence-electron chi connectivity index (χ4n) is 9.27. The van der Waals surface area contributed by atoms with E-state index in [1.807, 2.05) is 30.3 Å². The molecule has 0 aliphatic heterocycles. The zero-order valence-electron chi connectivity index (χ0n) is 28.0. The maximum Gasteiger partial charge on any atom is 0.162 e. The second-order valence-electron chi connectivity index (χ2n) is 14.0. The third-order valence-corrected chi connectivity index (χ3v) is 11.4. The Morgan fingerprint density at radius 2 is 1.10 bits per heavy atom. The van der Waals surface area contributed by atoms with Crippen LogP contribution in [0.3, 0.4) is 0 Å².